The Morgan fingerprint density at radius 2 is 1.93 bits per heavy atom. The highest BCUT2D eigenvalue weighted by molar-refractivity contribution is 7.99. The highest BCUT2D eigenvalue weighted by atomic mass is 32.2. The second-order valence-electron chi connectivity index (χ2n) is 6.90. The topological polar surface area (TPSA) is 72.3 Å². The smallest absolute Gasteiger partial charge is 0.232 e. The number of hydrogen-bond acceptors (Lipinski definition) is 6. The fourth-order valence-electron chi connectivity index (χ4n) is 3.03. The van der Waals surface area contributed by atoms with Crippen LogP contribution in [-0.4, -0.2) is 59.3 Å². The Labute approximate surface area is 170 Å². The quantitative estimate of drug-likeness (QED) is 0.513. The van der Waals surface area contributed by atoms with Gasteiger partial charge >= 0.3 is 0 Å². The Hall–Kier alpha value is -2.06. The number of carbonyl (C=O) groups excluding carboxylic acids is 1. The number of benzene rings is 1. The number of anilines is 1. The first-order valence-electron chi connectivity index (χ1n) is 9.93. The summed E-state index contributed by atoms with van der Waals surface area (Å²) < 4.78 is 7.51. The monoisotopic (exact) mass is 403 g/mol. The third kappa shape index (κ3) is 5.48. The van der Waals surface area contributed by atoms with Crippen LogP contribution in [0.4, 0.5) is 5.95 Å². The normalized spacial score (nSPS) is 14.3. The van der Waals surface area contributed by atoms with E-state index in [1.54, 1.807) is 0 Å². The number of ether oxygens (including phenoxy) is 1. The number of aromatic nitrogens is 3. The highest BCUT2D eigenvalue weighted by Gasteiger charge is 2.22. The third-order valence-corrected chi connectivity index (χ3v) is 5.57. The number of amides is 1. The van der Waals surface area contributed by atoms with Gasteiger partial charge in [-0.05, 0) is 25.5 Å². The number of aryl methyl sites for hydroxylation is 1. The first kappa shape index (κ1) is 20.7. The van der Waals surface area contributed by atoms with E-state index < -0.39 is 0 Å². The third-order valence-electron chi connectivity index (χ3n) is 4.64. The molecule has 1 amide bonds. The van der Waals surface area contributed by atoms with E-state index in [1.165, 1.54) is 17.3 Å². The van der Waals surface area contributed by atoms with Crippen molar-refractivity contribution in [2.45, 2.75) is 38.3 Å². The lowest BCUT2D eigenvalue weighted by molar-refractivity contribution is -0.118. The van der Waals surface area contributed by atoms with E-state index in [1.807, 2.05) is 4.57 Å². The van der Waals surface area contributed by atoms with E-state index in [0.717, 1.165) is 55.7 Å². The van der Waals surface area contributed by atoms with Gasteiger partial charge in [0.1, 0.15) is 0 Å². The lowest BCUT2D eigenvalue weighted by Crippen LogP contribution is -2.37. The van der Waals surface area contributed by atoms with Crippen LogP contribution in [0.3, 0.4) is 0 Å². The van der Waals surface area contributed by atoms with Crippen molar-refractivity contribution in [2.75, 3.05) is 43.5 Å². The molecule has 0 aliphatic carbocycles. The van der Waals surface area contributed by atoms with Gasteiger partial charge in [-0.25, -0.2) is 0 Å². The average Bonchev–Trinajstić information content (AvgIpc) is 3.15. The Morgan fingerprint density at radius 1 is 1.18 bits per heavy atom. The Balaban J connectivity index is 1.74. The molecule has 3 rings (SSSR count). The summed E-state index contributed by atoms with van der Waals surface area (Å²) in [5.41, 5.74) is 2.20. The average molecular weight is 404 g/mol. The predicted octanol–water partition coefficient (Wildman–Crippen LogP) is 2.81. The van der Waals surface area contributed by atoms with Crippen molar-refractivity contribution in [1.29, 1.82) is 0 Å². The molecule has 0 saturated carbocycles. The van der Waals surface area contributed by atoms with Gasteiger partial charge in [0.25, 0.3) is 0 Å². The maximum absolute atomic E-state index is 12.2. The molecule has 1 N–H and O–H groups in total. The zero-order valence-corrected chi connectivity index (χ0v) is 17.5. The van der Waals surface area contributed by atoms with Gasteiger partial charge in [-0.15, -0.1) is 10.2 Å². The van der Waals surface area contributed by atoms with Gasteiger partial charge in [-0.3, -0.25) is 9.36 Å². The Morgan fingerprint density at radius 3 is 2.64 bits per heavy atom. The molecule has 2 heterocycles. The number of hydrogen-bond donors (Lipinski definition) is 1. The van der Waals surface area contributed by atoms with Crippen LogP contribution in [0.25, 0.3) is 5.69 Å². The van der Waals surface area contributed by atoms with Gasteiger partial charge in [0.05, 0.1) is 24.7 Å². The number of morpholine rings is 1. The van der Waals surface area contributed by atoms with Crippen molar-refractivity contribution >= 4 is 23.6 Å². The molecule has 1 aromatic carbocycles. The summed E-state index contributed by atoms with van der Waals surface area (Å²) in [4.78, 5) is 14.3. The van der Waals surface area contributed by atoms with E-state index in [0.29, 0.717) is 19.0 Å². The fourth-order valence-corrected chi connectivity index (χ4v) is 3.80. The molecule has 152 valence electrons. The van der Waals surface area contributed by atoms with E-state index in [4.69, 9.17) is 4.74 Å². The van der Waals surface area contributed by atoms with Crippen LogP contribution in [0, 0.1) is 6.92 Å². The van der Waals surface area contributed by atoms with Crippen LogP contribution in [0.5, 0.6) is 0 Å². The van der Waals surface area contributed by atoms with E-state index in [9.17, 15) is 4.79 Å². The molecule has 0 unspecified atom stereocenters. The number of carbonyl (C=O) groups is 1. The van der Waals surface area contributed by atoms with E-state index >= 15 is 0 Å². The Bertz CT molecular complexity index is 756. The standard InChI is InChI=1S/C20H29N5O2S/c1-3-4-5-10-21-18(26)15-28-20-23-22-19(24-11-13-27-14-12-24)25(20)17-8-6-16(2)7-9-17/h6-9H,3-5,10-15H2,1-2H3,(H,21,26). The fraction of sp³-hybridized carbons (Fsp3) is 0.550. The summed E-state index contributed by atoms with van der Waals surface area (Å²) in [6.45, 7) is 7.89. The van der Waals surface area contributed by atoms with E-state index in [2.05, 4.69) is 58.5 Å². The number of thioether (sulfide) groups is 1. The summed E-state index contributed by atoms with van der Waals surface area (Å²) >= 11 is 1.42. The molecule has 0 radical (unpaired) electrons. The second-order valence-corrected chi connectivity index (χ2v) is 7.84. The molecule has 7 nitrogen and oxygen atoms in total. The van der Waals surface area contributed by atoms with Crippen molar-refractivity contribution in [3.8, 4) is 5.69 Å². The minimum atomic E-state index is 0.0347. The minimum absolute atomic E-state index is 0.0347. The molecule has 8 heteroatoms. The molecular formula is C20H29N5O2S. The molecule has 0 bridgehead atoms. The van der Waals surface area contributed by atoms with Crippen molar-refractivity contribution in [3.63, 3.8) is 0 Å². The van der Waals surface area contributed by atoms with E-state index in [-0.39, 0.29) is 5.91 Å². The summed E-state index contributed by atoms with van der Waals surface area (Å²) in [5, 5.41) is 12.5. The second kappa shape index (κ2) is 10.5. The lowest BCUT2D eigenvalue weighted by atomic mass is 10.2. The molecule has 1 aromatic heterocycles. The maximum atomic E-state index is 12.2. The zero-order chi connectivity index (χ0) is 19.8. The van der Waals surface area contributed by atoms with Crippen molar-refractivity contribution in [3.05, 3.63) is 29.8 Å². The molecule has 1 aliphatic rings. The molecule has 2 aromatic rings. The number of nitrogens with zero attached hydrogens (tertiary/aromatic N) is 4. The van der Waals surface area contributed by atoms with Gasteiger partial charge in [-0.2, -0.15) is 0 Å². The SMILES string of the molecule is CCCCCNC(=O)CSc1nnc(N2CCOCC2)n1-c1ccc(C)cc1. The van der Waals surface area contributed by atoms with Gasteiger partial charge in [0, 0.05) is 19.6 Å². The summed E-state index contributed by atoms with van der Waals surface area (Å²) in [7, 11) is 0. The lowest BCUT2D eigenvalue weighted by Gasteiger charge is -2.27. The molecule has 28 heavy (non-hydrogen) atoms. The predicted molar refractivity (Wildman–Crippen MR) is 112 cm³/mol. The molecule has 0 spiro atoms. The molecule has 1 fully saturated rings. The van der Waals surface area contributed by atoms with Crippen LogP contribution in [0.15, 0.2) is 29.4 Å². The molecule has 0 atom stereocenters. The first-order chi connectivity index (χ1) is 13.7. The summed E-state index contributed by atoms with van der Waals surface area (Å²) in [6, 6.07) is 8.29. The van der Waals surface area contributed by atoms with Gasteiger partial charge < -0.3 is 15.0 Å². The highest BCUT2D eigenvalue weighted by Crippen LogP contribution is 2.27. The number of rotatable bonds is 9. The van der Waals surface area contributed by atoms with Crippen molar-refractivity contribution in [2.24, 2.45) is 0 Å². The van der Waals surface area contributed by atoms with Crippen LogP contribution in [0.1, 0.15) is 31.7 Å². The van der Waals surface area contributed by atoms with Gasteiger partial charge in [-0.1, -0.05) is 49.2 Å². The van der Waals surface area contributed by atoms with Crippen molar-refractivity contribution < 1.29 is 9.53 Å². The van der Waals surface area contributed by atoms with Crippen molar-refractivity contribution in [1.82, 2.24) is 20.1 Å². The molecular weight excluding hydrogens is 374 g/mol. The van der Waals surface area contributed by atoms with Crippen LogP contribution >= 0.6 is 11.8 Å². The number of unbranched alkanes of at least 4 members (excludes halogenated alkanes) is 2. The minimum Gasteiger partial charge on any atom is -0.378 e. The van der Waals surface area contributed by atoms with Crippen LogP contribution in [0.2, 0.25) is 0 Å². The largest absolute Gasteiger partial charge is 0.378 e. The zero-order valence-electron chi connectivity index (χ0n) is 16.7. The first-order valence-corrected chi connectivity index (χ1v) is 10.9. The summed E-state index contributed by atoms with van der Waals surface area (Å²) in [6.07, 6.45) is 3.31. The molecule has 1 saturated heterocycles. The number of nitrogens with one attached hydrogen (secondary N) is 1. The Kier molecular flexibility index (Phi) is 7.73. The van der Waals surface area contributed by atoms with Crippen LogP contribution < -0.4 is 10.2 Å². The molecule has 1 aliphatic heterocycles. The van der Waals surface area contributed by atoms with Gasteiger partial charge in [0.15, 0.2) is 5.16 Å². The maximum Gasteiger partial charge on any atom is 0.232 e. The van der Waals surface area contributed by atoms with Crippen LogP contribution in [-0.2, 0) is 9.53 Å². The summed E-state index contributed by atoms with van der Waals surface area (Å²) in [5.74, 6) is 1.17. The van der Waals surface area contributed by atoms with Gasteiger partial charge in [0.2, 0.25) is 11.9 Å².